The van der Waals surface area contributed by atoms with E-state index in [1.807, 2.05) is 170 Å². The van der Waals surface area contributed by atoms with E-state index in [0.29, 0.717) is 0 Å². The Bertz CT molecular complexity index is 3760. The minimum Gasteiger partial charge on any atom is -0.457 e. The molecule has 0 bridgehead atoms. The first-order chi connectivity index (χ1) is 39.3. The molecule has 4 heteroatoms. The maximum atomic E-state index is 5.97. The first-order valence-electron chi connectivity index (χ1n) is 26.9. The van der Waals surface area contributed by atoms with Crippen molar-refractivity contribution >= 4 is 0 Å². The van der Waals surface area contributed by atoms with Gasteiger partial charge in [-0.05, 0) is 185 Å². The molecule has 0 unspecified atom stereocenters. The molecule has 0 radical (unpaired) electrons. The largest absolute Gasteiger partial charge is 0.457 e. The van der Waals surface area contributed by atoms with Gasteiger partial charge in [-0.2, -0.15) is 0 Å². The quantitative estimate of drug-likeness (QED) is 0.122. The molecule has 0 atom stereocenters. The van der Waals surface area contributed by atoms with Gasteiger partial charge in [-0.1, -0.05) is 224 Å². The summed E-state index contributed by atoms with van der Waals surface area (Å²) in [5.41, 5.74) is 14.4. The lowest BCUT2D eigenvalue weighted by Crippen LogP contribution is -1.90. The highest BCUT2D eigenvalue weighted by Crippen LogP contribution is 2.34. The van der Waals surface area contributed by atoms with Crippen LogP contribution in [0, 0.1) is 27.7 Å². The smallest absolute Gasteiger partial charge is 0.130 e. The first kappa shape index (κ1) is 54.6. The van der Waals surface area contributed by atoms with Crippen LogP contribution in [0.2, 0.25) is 0 Å². The van der Waals surface area contributed by atoms with Crippen LogP contribution in [0.15, 0.2) is 315 Å². The Hall–Kier alpha value is -10.2. The Morgan fingerprint density at radius 1 is 0.200 bits per heavy atom. The van der Waals surface area contributed by atoms with Crippen molar-refractivity contribution in [3.05, 3.63) is 338 Å². The summed E-state index contributed by atoms with van der Waals surface area (Å²) in [5, 5.41) is 0. The molecular formula is C76H64O4. The average Bonchev–Trinajstić information content (AvgIpc) is 3.51. The third-order valence-electron chi connectivity index (χ3n) is 13.0. The molecule has 0 aromatic heterocycles. The summed E-state index contributed by atoms with van der Waals surface area (Å²) in [4.78, 5) is 0. The van der Waals surface area contributed by atoms with E-state index in [2.05, 4.69) is 173 Å². The number of rotatable bonds is 12. The molecule has 80 heavy (non-hydrogen) atoms. The van der Waals surface area contributed by atoms with E-state index in [9.17, 15) is 0 Å². The lowest BCUT2D eigenvalue weighted by Gasteiger charge is -2.12. The van der Waals surface area contributed by atoms with Crippen molar-refractivity contribution in [3.63, 3.8) is 0 Å². The minimum atomic E-state index is 0.858. The highest BCUT2D eigenvalue weighted by atomic mass is 16.5. The Morgan fingerprint density at radius 3 is 1.09 bits per heavy atom. The van der Waals surface area contributed by atoms with E-state index in [0.717, 1.165) is 57.1 Å². The second kappa shape index (κ2) is 28.3. The van der Waals surface area contributed by atoms with Gasteiger partial charge in [-0.15, -0.1) is 0 Å². The van der Waals surface area contributed by atoms with Crippen LogP contribution in [0.4, 0.5) is 0 Å². The van der Waals surface area contributed by atoms with Crippen LogP contribution >= 0.6 is 0 Å². The van der Waals surface area contributed by atoms with Crippen molar-refractivity contribution in [1.29, 1.82) is 0 Å². The molecule has 0 aliphatic rings. The zero-order valence-corrected chi connectivity index (χ0v) is 45.7. The van der Waals surface area contributed by atoms with E-state index in [1.54, 1.807) is 0 Å². The molecule has 0 fully saturated rings. The number of hydrogen-bond acceptors (Lipinski definition) is 4. The predicted molar refractivity (Wildman–Crippen MR) is 333 cm³/mol. The fraction of sp³-hybridized carbons (Fsp3) is 0.0526. The highest BCUT2D eigenvalue weighted by molar-refractivity contribution is 5.71. The van der Waals surface area contributed by atoms with Gasteiger partial charge >= 0.3 is 0 Å². The molecule has 0 aliphatic carbocycles. The third kappa shape index (κ3) is 16.0. The van der Waals surface area contributed by atoms with Gasteiger partial charge in [0.2, 0.25) is 0 Å². The number of para-hydroxylation sites is 4. The highest BCUT2D eigenvalue weighted by Gasteiger charge is 2.09. The van der Waals surface area contributed by atoms with E-state index in [1.165, 1.54) is 55.6 Å². The van der Waals surface area contributed by atoms with Crippen LogP contribution in [-0.4, -0.2) is 0 Å². The lowest BCUT2D eigenvalue weighted by molar-refractivity contribution is 0.479. The summed E-state index contributed by atoms with van der Waals surface area (Å²) >= 11 is 0. The monoisotopic (exact) mass is 1040 g/mol. The molecule has 0 N–H and O–H groups in total. The summed E-state index contributed by atoms with van der Waals surface area (Å²) in [6, 6.07) is 106. The summed E-state index contributed by atoms with van der Waals surface area (Å²) in [6.07, 6.45) is 0. The van der Waals surface area contributed by atoms with Crippen LogP contribution in [0.5, 0.6) is 46.0 Å². The Morgan fingerprint density at radius 2 is 0.613 bits per heavy atom. The topological polar surface area (TPSA) is 36.9 Å². The Balaban J connectivity index is 0.000000129. The minimum absolute atomic E-state index is 0.858. The van der Waals surface area contributed by atoms with Crippen LogP contribution in [0.25, 0.3) is 44.5 Å². The van der Waals surface area contributed by atoms with Crippen molar-refractivity contribution < 1.29 is 18.9 Å². The van der Waals surface area contributed by atoms with Crippen molar-refractivity contribution in [3.8, 4) is 90.5 Å². The molecule has 0 aliphatic heterocycles. The molecule has 0 saturated heterocycles. The van der Waals surface area contributed by atoms with Gasteiger partial charge in [-0.3, -0.25) is 0 Å². The summed E-state index contributed by atoms with van der Waals surface area (Å²) in [6.45, 7) is 8.37. The molecule has 0 heterocycles. The van der Waals surface area contributed by atoms with Crippen molar-refractivity contribution in [2.45, 2.75) is 27.7 Å². The van der Waals surface area contributed by atoms with Gasteiger partial charge in [0, 0.05) is 0 Å². The van der Waals surface area contributed by atoms with Gasteiger partial charge in [0.1, 0.15) is 46.0 Å². The van der Waals surface area contributed by atoms with Crippen LogP contribution in [0.1, 0.15) is 22.3 Å². The fourth-order valence-corrected chi connectivity index (χ4v) is 8.96. The van der Waals surface area contributed by atoms with Gasteiger partial charge in [-0.25, -0.2) is 0 Å². The molecule has 392 valence electrons. The number of benzene rings is 12. The standard InChI is InChI=1S/4C19H16O/c1-15-18(16-9-4-2-5-10-16)13-8-14-19(15)20-17-11-6-3-7-12-17;1-15-12-17(16-8-4-2-5-9-16)14-19(13-15)20-18-10-6-3-7-11-18;1-15-14-17(16-8-4-2-5-9-16)12-13-19(15)20-18-10-6-3-7-11-18;1-15-14-18(20-17-10-6-3-7-11-17)12-13-19(15)16-8-4-2-5-9-16/h4*2-14H,1H3. The average molecular weight is 1040 g/mol. The predicted octanol–water partition coefficient (Wildman–Crippen LogP) is 21.8. The maximum absolute atomic E-state index is 5.97. The second-order valence-electron chi connectivity index (χ2n) is 19.0. The summed E-state index contributed by atoms with van der Waals surface area (Å²) in [5.74, 6) is 6.98. The van der Waals surface area contributed by atoms with Gasteiger partial charge in [0.15, 0.2) is 0 Å². The third-order valence-corrected chi connectivity index (χ3v) is 13.0. The molecular weight excluding hydrogens is 977 g/mol. The van der Waals surface area contributed by atoms with E-state index >= 15 is 0 Å². The Kier molecular flexibility index (Phi) is 19.3. The molecule has 12 rings (SSSR count). The molecule has 12 aromatic carbocycles. The zero-order chi connectivity index (χ0) is 55.1. The SMILES string of the molecule is Cc1c(Oc2ccccc2)cccc1-c1ccccc1.Cc1cc(-c2ccccc2)ccc1Oc1ccccc1.Cc1cc(Oc2ccccc2)cc(-c2ccccc2)c1.Cc1cc(Oc2ccccc2)ccc1-c1ccccc1. The van der Waals surface area contributed by atoms with Crippen LogP contribution < -0.4 is 18.9 Å². The van der Waals surface area contributed by atoms with Gasteiger partial charge in [0.25, 0.3) is 0 Å². The van der Waals surface area contributed by atoms with E-state index < -0.39 is 0 Å². The molecule has 0 spiro atoms. The summed E-state index contributed by atoms with van der Waals surface area (Å²) in [7, 11) is 0. The van der Waals surface area contributed by atoms with Crippen LogP contribution in [-0.2, 0) is 0 Å². The van der Waals surface area contributed by atoms with Crippen molar-refractivity contribution in [2.75, 3.05) is 0 Å². The first-order valence-corrected chi connectivity index (χ1v) is 26.9. The normalized spacial score (nSPS) is 10.2. The molecule has 0 amide bonds. The second-order valence-corrected chi connectivity index (χ2v) is 19.0. The van der Waals surface area contributed by atoms with E-state index in [-0.39, 0.29) is 0 Å². The zero-order valence-electron chi connectivity index (χ0n) is 45.7. The molecule has 0 saturated carbocycles. The number of aryl methyl sites for hydroxylation is 3. The van der Waals surface area contributed by atoms with Crippen molar-refractivity contribution in [1.82, 2.24) is 0 Å². The number of ether oxygens (including phenoxy) is 4. The maximum Gasteiger partial charge on any atom is 0.130 e. The molecule has 12 aromatic rings. The number of hydrogen-bond donors (Lipinski definition) is 0. The van der Waals surface area contributed by atoms with Crippen molar-refractivity contribution in [2.24, 2.45) is 0 Å². The summed E-state index contributed by atoms with van der Waals surface area (Å²) < 4.78 is 23.6. The van der Waals surface area contributed by atoms with Gasteiger partial charge < -0.3 is 18.9 Å². The van der Waals surface area contributed by atoms with E-state index in [4.69, 9.17) is 18.9 Å². The van der Waals surface area contributed by atoms with Crippen LogP contribution in [0.3, 0.4) is 0 Å². The fourth-order valence-electron chi connectivity index (χ4n) is 8.96. The molecule has 4 nitrogen and oxygen atoms in total. The Labute approximate surface area is 472 Å². The van der Waals surface area contributed by atoms with Gasteiger partial charge in [0.05, 0.1) is 0 Å². The lowest BCUT2D eigenvalue weighted by atomic mass is 10.00.